The Morgan fingerprint density at radius 1 is 1.56 bits per heavy atom. The predicted molar refractivity (Wildman–Crippen MR) is 37.2 cm³/mol. The van der Waals surface area contributed by atoms with E-state index in [4.69, 9.17) is 4.42 Å². The lowest BCUT2D eigenvalue weighted by Crippen LogP contribution is -1.67. The molecule has 0 radical (unpaired) electrons. The first kappa shape index (κ1) is 8.21. The van der Waals surface area contributed by atoms with Crippen LogP contribution in [0.2, 0.25) is 0 Å². The summed E-state index contributed by atoms with van der Waals surface area (Å²) >= 11 is 0. The molecule has 0 spiro atoms. The highest BCUT2D eigenvalue weighted by Crippen LogP contribution is 1.94. The summed E-state index contributed by atoms with van der Waals surface area (Å²) in [4.78, 5) is 3.73. The highest BCUT2D eigenvalue weighted by atomic mass is 16.3. The van der Waals surface area contributed by atoms with E-state index >= 15 is 0 Å². The van der Waals surface area contributed by atoms with E-state index < -0.39 is 0 Å². The van der Waals surface area contributed by atoms with Crippen molar-refractivity contribution in [3.63, 3.8) is 0 Å². The summed E-state index contributed by atoms with van der Waals surface area (Å²) < 4.78 is 4.87. The molecule has 0 amide bonds. The van der Waals surface area contributed by atoms with E-state index in [1.54, 1.807) is 6.20 Å². The molecule has 2 nitrogen and oxygen atoms in total. The van der Waals surface area contributed by atoms with E-state index in [1.165, 1.54) is 6.39 Å². The van der Waals surface area contributed by atoms with Crippen molar-refractivity contribution in [2.75, 3.05) is 0 Å². The van der Waals surface area contributed by atoms with Crippen molar-refractivity contribution in [1.82, 2.24) is 4.98 Å². The van der Waals surface area contributed by atoms with Gasteiger partial charge >= 0.3 is 0 Å². The molecule has 0 unspecified atom stereocenters. The summed E-state index contributed by atoms with van der Waals surface area (Å²) in [6.07, 6.45) is 4.10. The van der Waals surface area contributed by atoms with Gasteiger partial charge in [-0.3, -0.25) is 0 Å². The number of hydrogen-bond acceptors (Lipinski definition) is 2. The van der Waals surface area contributed by atoms with Crippen molar-refractivity contribution in [1.29, 1.82) is 0 Å². The normalized spacial score (nSPS) is 7.89. The zero-order valence-electron chi connectivity index (χ0n) is 6.22. The monoisotopic (exact) mass is 127 g/mol. The molecule has 0 atom stereocenters. The number of hydrogen-bond donors (Lipinski definition) is 0. The Bertz CT molecular complexity index is 123. The van der Waals surface area contributed by atoms with Gasteiger partial charge in [0, 0.05) is 6.42 Å². The third kappa shape index (κ3) is 2.90. The van der Waals surface area contributed by atoms with Gasteiger partial charge in [-0.05, 0) is 0 Å². The second kappa shape index (κ2) is 5.35. The molecule has 0 saturated heterocycles. The number of aryl methyl sites for hydroxylation is 1. The Labute approximate surface area is 55.9 Å². The highest BCUT2D eigenvalue weighted by molar-refractivity contribution is 4.85. The van der Waals surface area contributed by atoms with Gasteiger partial charge in [0.25, 0.3) is 0 Å². The van der Waals surface area contributed by atoms with Crippen LogP contribution in [0.15, 0.2) is 17.0 Å². The second-order valence-electron chi connectivity index (χ2n) is 1.32. The smallest absolute Gasteiger partial charge is 0.180 e. The molecule has 1 aromatic heterocycles. The molecule has 0 aliphatic heterocycles. The average molecular weight is 127 g/mol. The molecule has 0 fully saturated rings. The van der Waals surface area contributed by atoms with Crippen LogP contribution < -0.4 is 0 Å². The molecular weight excluding hydrogens is 114 g/mol. The Hall–Kier alpha value is -0.790. The van der Waals surface area contributed by atoms with Crippen molar-refractivity contribution < 1.29 is 4.42 Å². The van der Waals surface area contributed by atoms with E-state index in [9.17, 15) is 0 Å². The van der Waals surface area contributed by atoms with Crippen molar-refractivity contribution in [3.8, 4) is 0 Å². The van der Waals surface area contributed by atoms with Gasteiger partial charge in [0.15, 0.2) is 6.39 Å². The van der Waals surface area contributed by atoms with Crippen LogP contribution in [0.3, 0.4) is 0 Å². The SMILES string of the molecule is CC.CCc1cnco1. The van der Waals surface area contributed by atoms with E-state index in [2.05, 4.69) is 4.98 Å². The average Bonchev–Trinajstić information content (AvgIpc) is 2.43. The van der Waals surface area contributed by atoms with Crippen molar-refractivity contribution >= 4 is 0 Å². The first-order valence-electron chi connectivity index (χ1n) is 3.31. The molecule has 0 bridgehead atoms. The van der Waals surface area contributed by atoms with Crippen molar-refractivity contribution in [3.05, 3.63) is 18.4 Å². The van der Waals surface area contributed by atoms with Gasteiger partial charge in [0.05, 0.1) is 6.20 Å². The largest absolute Gasteiger partial charge is 0.449 e. The van der Waals surface area contributed by atoms with Gasteiger partial charge in [-0.25, -0.2) is 4.98 Å². The number of aromatic nitrogens is 1. The van der Waals surface area contributed by atoms with E-state index in [1.807, 2.05) is 20.8 Å². The summed E-state index contributed by atoms with van der Waals surface area (Å²) in [6, 6.07) is 0. The summed E-state index contributed by atoms with van der Waals surface area (Å²) in [6.45, 7) is 6.03. The quantitative estimate of drug-likeness (QED) is 0.578. The molecule has 1 heterocycles. The zero-order chi connectivity index (χ0) is 7.11. The Morgan fingerprint density at radius 2 is 2.22 bits per heavy atom. The topological polar surface area (TPSA) is 26.0 Å². The summed E-state index contributed by atoms with van der Waals surface area (Å²) in [5, 5.41) is 0. The van der Waals surface area contributed by atoms with Gasteiger partial charge in [-0.15, -0.1) is 0 Å². The lowest BCUT2D eigenvalue weighted by Gasteiger charge is -1.77. The molecule has 0 aromatic carbocycles. The van der Waals surface area contributed by atoms with Gasteiger partial charge in [0.1, 0.15) is 5.76 Å². The predicted octanol–water partition coefficient (Wildman–Crippen LogP) is 2.26. The molecule has 9 heavy (non-hydrogen) atoms. The van der Waals surface area contributed by atoms with Crippen LogP contribution in [0.5, 0.6) is 0 Å². The summed E-state index contributed by atoms with van der Waals surface area (Å²) in [7, 11) is 0. The van der Waals surface area contributed by atoms with Crippen LogP contribution in [0.25, 0.3) is 0 Å². The fourth-order valence-corrected chi connectivity index (χ4v) is 0.417. The molecule has 0 aliphatic rings. The maximum Gasteiger partial charge on any atom is 0.180 e. The van der Waals surface area contributed by atoms with Gasteiger partial charge in [-0.1, -0.05) is 20.8 Å². The summed E-state index contributed by atoms with van der Waals surface area (Å²) in [5.41, 5.74) is 0. The molecule has 1 aromatic rings. The minimum absolute atomic E-state index is 0.931. The molecule has 0 N–H and O–H groups in total. The van der Waals surface area contributed by atoms with Crippen LogP contribution in [0.4, 0.5) is 0 Å². The third-order valence-corrected chi connectivity index (χ3v) is 0.832. The van der Waals surface area contributed by atoms with E-state index in [-0.39, 0.29) is 0 Å². The van der Waals surface area contributed by atoms with Crippen LogP contribution in [0, 0.1) is 0 Å². The van der Waals surface area contributed by atoms with Gasteiger partial charge < -0.3 is 4.42 Å². The number of rotatable bonds is 1. The van der Waals surface area contributed by atoms with Crippen LogP contribution in [-0.2, 0) is 6.42 Å². The number of oxazole rings is 1. The Morgan fingerprint density at radius 3 is 2.44 bits per heavy atom. The van der Waals surface area contributed by atoms with Gasteiger partial charge in [-0.2, -0.15) is 0 Å². The van der Waals surface area contributed by atoms with Crippen LogP contribution >= 0.6 is 0 Å². The first-order valence-corrected chi connectivity index (χ1v) is 3.31. The lowest BCUT2D eigenvalue weighted by atomic mass is 10.4. The zero-order valence-corrected chi connectivity index (χ0v) is 6.22. The second-order valence-corrected chi connectivity index (χ2v) is 1.32. The highest BCUT2D eigenvalue weighted by Gasteiger charge is 1.85. The fourth-order valence-electron chi connectivity index (χ4n) is 0.417. The fraction of sp³-hybridized carbons (Fsp3) is 0.571. The molecular formula is C7H13NO. The molecule has 1 rings (SSSR count). The van der Waals surface area contributed by atoms with Crippen LogP contribution in [-0.4, -0.2) is 4.98 Å². The third-order valence-electron chi connectivity index (χ3n) is 0.832. The standard InChI is InChI=1S/C5H7NO.C2H6/c1-2-5-3-6-4-7-5;1-2/h3-4H,2H2,1H3;1-2H3. The maximum absolute atomic E-state index is 4.87. The summed E-state index contributed by atoms with van der Waals surface area (Å²) in [5.74, 6) is 0.944. The minimum Gasteiger partial charge on any atom is -0.449 e. The van der Waals surface area contributed by atoms with Crippen LogP contribution in [0.1, 0.15) is 26.5 Å². The first-order chi connectivity index (χ1) is 4.43. The molecule has 0 aliphatic carbocycles. The Kier molecular flexibility index (Phi) is 4.88. The molecule has 2 heteroatoms. The number of nitrogens with zero attached hydrogens (tertiary/aromatic N) is 1. The van der Waals surface area contributed by atoms with E-state index in [0.29, 0.717) is 0 Å². The lowest BCUT2D eigenvalue weighted by molar-refractivity contribution is 0.510. The molecule has 0 saturated carbocycles. The van der Waals surface area contributed by atoms with E-state index in [0.717, 1.165) is 12.2 Å². The molecule has 52 valence electrons. The maximum atomic E-state index is 4.87. The van der Waals surface area contributed by atoms with Gasteiger partial charge in [0.2, 0.25) is 0 Å². The Balaban J connectivity index is 0.000000291. The van der Waals surface area contributed by atoms with Crippen molar-refractivity contribution in [2.45, 2.75) is 27.2 Å². The minimum atomic E-state index is 0.931. The van der Waals surface area contributed by atoms with Crippen molar-refractivity contribution in [2.24, 2.45) is 0 Å².